The zero-order valence-corrected chi connectivity index (χ0v) is 18.4. The Morgan fingerprint density at radius 3 is 2.67 bits per heavy atom. The molecule has 4 aliphatic rings. The van der Waals surface area contributed by atoms with Crippen molar-refractivity contribution >= 4 is 5.78 Å². The number of carbonyl (C=O) groups is 1. The molecule has 2 heteroatoms. The molecule has 0 aliphatic heterocycles. The van der Waals surface area contributed by atoms with Crippen molar-refractivity contribution in [3.05, 3.63) is 58.2 Å². The standard InChI is InChI=1S/C28H32O2/c1-4-14-28(30)15-13-25-23-11-9-20-16-21(29)10-12-22(20)26(23)24(17-27(25,28)3)19-7-5-18(2)6-8-19/h5-9,23-25,30H,10-13,15-17H2,1-3H3/t23?,24-,25?,27+,28+/m1/s1. The molecule has 0 radical (unpaired) electrons. The Morgan fingerprint density at radius 1 is 1.17 bits per heavy atom. The van der Waals surface area contributed by atoms with Crippen LogP contribution in [-0.4, -0.2) is 16.5 Å². The first-order valence-electron chi connectivity index (χ1n) is 11.5. The first kappa shape index (κ1) is 19.8. The molecule has 3 saturated carbocycles. The molecule has 0 amide bonds. The minimum absolute atomic E-state index is 0.212. The van der Waals surface area contributed by atoms with Gasteiger partial charge in [0.2, 0.25) is 0 Å². The quantitative estimate of drug-likeness (QED) is 0.619. The predicted octanol–water partition coefficient (Wildman–Crippen LogP) is 5.65. The van der Waals surface area contributed by atoms with Crippen LogP contribution in [0.3, 0.4) is 0 Å². The van der Waals surface area contributed by atoms with E-state index < -0.39 is 5.60 Å². The van der Waals surface area contributed by atoms with Crippen LogP contribution in [0.25, 0.3) is 0 Å². The molecule has 3 fully saturated rings. The molecule has 2 unspecified atom stereocenters. The van der Waals surface area contributed by atoms with Crippen LogP contribution in [0.15, 0.2) is 47.1 Å². The van der Waals surface area contributed by atoms with Crippen molar-refractivity contribution in [3.63, 3.8) is 0 Å². The largest absolute Gasteiger partial charge is 0.377 e. The minimum Gasteiger partial charge on any atom is -0.377 e. The summed E-state index contributed by atoms with van der Waals surface area (Å²) in [5.74, 6) is 7.84. The van der Waals surface area contributed by atoms with Gasteiger partial charge in [-0.25, -0.2) is 0 Å². The summed E-state index contributed by atoms with van der Waals surface area (Å²) < 4.78 is 0. The van der Waals surface area contributed by atoms with E-state index in [9.17, 15) is 9.90 Å². The number of carbonyl (C=O) groups excluding carboxylic acids is 1. The molecule has 0 bridgehead atoms. The monoisotopic (exact) mass is 400 g/mol. The van der Waals surface area contributed by atoms with E-state index in [0.29, 0.717) is 36.4 Å². The fourth-order valence-electron chi connectivity index (χ4n) is 7.11. The summed E-state index contributed by atoms with van der Waals surface area (Å²) in [6, 6.07) is 8.97. The van der Waals surface area contributed by atoms with Crippen LogP contribution < -0.4 is 0 Å². The number of aliphatic hydroxyl groups is 1. The lowest BCUT2D eigenvalue weighted by atomic mass is 9.51. The Bertz CT molecular complexity index is 1010. The molecule has 0 spiro atoms. The highest BCUT2D eigenvalue weighted by atomic mass is 16.3. The molecule has 0 aromatic heterocycles. The first-order chi connectivity index (χ1) is 14.4. The zero-order valence-electron chi connectivity index (χ0n) is 18.4. The lowest BCUT2D eigenvalue weighted by Crippen LogP contribution is -2.50. The normalized spacial score (nSPS) is 37.5. The van der Waals surface area contributed by atoms with Crippen molar-refractivity contribution in [2.75, 3.05) is 0 Å². The molecule has 5 atom stereocenters. The average Bonchev–Trinajstić information content (AvgIpc) is 2.98. The fourth-order valence-corrected chi connectivity index (χ4v) is 7.11. The lowest BCUT2D eigenvalue weighted by molar-refractivity contribution is -0.118. The van der Waals surface area contributed by atoms with Gasteiger partial charge >= 0.3 is 0 Å². The highest BCUT2D eigenvalue weighted by Gasteiger charge is 2.62. The van der Waals surface area contributed by atoms with Gasteiger partial charge in [0, 0.05) is 24.2 Å². The molecule has 5 rings (SSSR count). The number of ketones is 1. The third-order valence-corrected chi connectivity index (χ3v) is 8.68. The fraction of sp³-hybridized carbons (Fsp3) is 0.536. The number of rotatable bonds is 1. The topological polar surface area (TPSA) is 37.3 Å². The van der Waals surface area contributed by atoms with Gasteiger partial charge in [-0.2, -0.15) is 0 Å². The average molecular weight is 401 g/mol. The maximum Gasteiger partial charge on any atom is 0.137 e. The summed E-state index contributed by atoms with van der Waals surface area (Å²) in [5, 5.41) is 11.7. The second kappa shape index (κ2) is 6.96. The lowest BCUT2D eigenvalue weighted by Gasteiger charge is -2.53. The first-order valence-corrected chi connectivity index (χ1v) is 11.5. The Kier molecular flexibility index (Phi) is 4.60. The number of Topliss-reactive ketones (excluding diaryl/α,β-unsaturated/α-hetero) is 1. The molecular weight excluding hydrogens is 368 g/mol. The van der Waals surface area contributed by atoms with Crippen molar-refractivity contribution in [1.29, 1.82) is 0 Å². The van der Waals surface area contributed by atoms with Gasteiger partial charge in [-0.15, -0.1) is 5.92 Å². The predicted molar refractivity (Wildman–Crippen MR) is 120 cm³/mol. The number of hydrogen-bond acceptors (Lipinski definition) is 2. The van der Waals surface area contributed by atoms with Gasteiger partial charge in [-0.05, 0) is 74.5 Å². The number of aryl methyl sites for hydroxylation is 1. The van der Waals surface area contributed by atoms with Gasteiger partial charge in [0.1, 0.15) is 11.4 Å². The van der Waals surface area contributed by atoms with Crippen LogP contribution in [0, 0.1) is 36.0 Å². The third-order valence-electron chi connectivity index (χ3n) is 8.68. The van der Waals surface area contributed by atoms with Crippen LogP contribution in [0.2, 0.25) is 0 Å². The van der Waals surface area contributed by atoms with Crippen molar-refractivity contribution in [2.45, 2.75) is 77.2 Å². The second-order valence-corrected chi connectivity index (χ2v) is 10.2. The van der Waals surface area contributed by atoms with E-state index in [1.807, 2.05) is 6.92 Å². The summed E-state index contributed by atoms with van der Waals surface area (Å²) in [6.45, 7) is 6.27. The highest BCUT2D eigenvalue weighted by molar-refractivity contribution is 5.84. The van der Waals surface area contributed by atoms with Crippen LogP contribution in [0.5, 0.6) is 0 Å². The van der Waals surface area contributed by atoms with E-state index in [1.54, 1.807) is 5.57 Å². The number of allylic oxidation sites excluding steroid dienone is 4. The van der Waals surface area contributed by atoms with Crippen molar-refractivity contribution in [2.24, 2.45) is 17.3 Å². The molecule has 156 valence electrons. The Labute approximate surface area is 180 Å². The Hall–Kier alpha value is -2.11. The molecule has 30 heavy (non-hydrogen) atoms. The van der Waals surface area contributed by atoms with Gasteiger partial charge in [0.05, 0.1) is 0 Å². The second-order valence-electron chi connectivity index (χ2n) is 10.2. The number of fused-ring (bicyclic) bond motifs is 4. The molecule has 0 heterocycles. The number of benzene rings is 1. The van der Waals surface area contributed by atoms with Crippen molar-refractivity contribution < 1.29 is 9.90 Å². The van der Waals surface area contributed by atoms with E-state index in [2.05, 4.69) is 56.0 Å². The number of hydrogen-bond donors (Lipinski definition) is 1. The molecule has 0 saturated heterocycles. The van der Waals surface area contributed by atoms with Crippen LogP contribution in [0.1, 0.15) is 75.8 Å². The Morgan fingerprint density at radius 2 is 1.93 bits per heavy atom. The van der Waals surface area contributed by atoms with Gasteiger partial charge < -0.3 is 5.11 Å². The maximum absolute atomic E-state index is 12.1. The summed E-state index contributed by atoms with van der Waals surface area (Å²) in [7, 11) is 0. The zero-order chi connectivity index (χ0) is 21.1. The minimum atomic E-state index is -0.905. The van der Waals surface area contributed by atoms with Gasteiger partial charge in [0.25, 0.3) is 0 Å². The summed E-state index contributed by atoms with van der Waals surface area (Å²) in [4.78, 5) is 12.1. The summed E-state index contributed by atoms with van der Waals surface area (Å²) >= 11 is 0. The van der Waals surface area contributed by atoms with E-state index in [1.165, 1.54) is 22.3 Å². The van der Waals surface area contributed by atoms with E-state index in [4.69, 9.17) is 0 Å². The van der Waals surface area contributed by atoms with Crippen molar-refractivity contribution in [3.8, 4) is 11.8 Å². The van der Waals surface area contributed by atoms with E-state index >= 15 is 0 Å². The smallest absolute Gasteiger partial charge is 0.137 e. The molecule has 1 aromatic rings. The molecule has 2 nitrogen and oxygen atoms in total. The van der Waals surface area contributed by atoms with Crippen LogP contribution in [-0.2, 0) is 4.79 Å². The molecular formula is C28H32O2. The van der Waals surface area contributed by atoms with Crippen molar-refractivity contribution in [1.82, 2.24) is 0 Å². The summed E-state index contributed by atoms with van der Waals surface area (Å²) in [5.41, 5.74) is 5.85. The molecule has 1 N–H and O–H groups in total. The maximum atomic E-state index is 12.1. The Balaban J connectivity index is 1.67. The van der Waals surface area contributed by atoms with E-state index in [0.717, 1.165) is 32.1 Å². The molecule has 4 aliphatic carbocycles. The molecule has 1 aromatic carbocycles. The van der Waals surface area contributed by atoms with Gasteiger partial charge in [-0.3, -0.25) is 4.79 Å². The van der Waals surface area contributed by atoms with Crippen LogP contribution >= 0.6 is 0 Å². The van der Waals surface area contributed by atoms with Crippen LogP contribution in [0.4, 0.5) is 0 Å². The highest BCUT2D eigenvalue weighted by Crippen LogP contribution is 2.66. The summed E-state index contributed by atoms with van der Waals surface area (Å²) in [6.07, 6.45) is 8.26. The van der Waals surface area contributed by atoms with Gasteiger partial charge in [-0.1, -0.05) is 54.3 Å². The van der Waals surface area contributed by atoms with Gasteiger partial charge in [0.15, 0.2) is 0 Å². The van der Waals surface area contributed by atoms with E-state index in [-0.39, 0.29) is 5.41 Å². The third kappa shape index (κ3) is 2.78. The SMILES string of the molecule is CC#C[C@]1(O)CCC2C3CC=C4CC(=O)CCC4=C3[C@@H](c3ccc(C)cc3)C[C@@]21C.